The first kappa shape index (κ1) is 25.4. The second-order valence-corrected chi connectivity index (χ2v) is 11.1. The molecule has 0 unspecified atom stereocenters. The van der Waals surface area contributed by atoms with Gasteiger partial charge in [-0.3, -0.25) is 9.11 Å². The van der Waals surface area contributed by atoms with E-state index in [1.54, 1.807) is 42.5 Å². The molecule has 0 aliphatic carbocycles. The van der Waals surface area contributed by atoms with Gasteiger partial charge in [0, 0.05) is 28.6 Å². The lowest BCUT2D eigenvalue weighted by Crippen LogP contribution is -1.98. The van der Waals surface area contributed by atoms with Crippen LogP contribution in [0.2, 0.25) is 0 Å². The summed E-state index contributed by atoms with van der Waals surface area (Å²) < 4.78 is 76.2. The zero-order valence-electron chi connectivity index (χ0n) is 19.3. The summed E-state index contributed by atoms with van der Waals surface area (Å²) in [6.07, 6.45) is 0. The minimum Gasteiger partial charge on any atom is -0.456 e. The predicted molar refractivity (Wildman–Crippen MR) is 140 cm³/mol. The SMILES string of the molecule is O=c1ccc2ccc(Oc3c(-c4ccc(S(=O)(=O)O)cc4)cccc3-c3ccc(S(=O)(=O)O)cc3)cc2o1. The molecule has 0 spiro atoms. The van der Waals surface area contributed by atoms with Crippen molar-refractivity contribution in [2.45, 2.75) is 9.79 Å². The normalized spacial score (nSPS) is 11.9. The molecule has 0 radical (unpaired) electrons. The minimum atomic E-state index is -4.39. The van der Waals surface area contributed by atoms with E-state index in [0.717, 1.165) is 0 Å². The average Bonchev–Trinajstić information content (AvgIpc) is 2.88. The van der Waals surface area contributed by atoms with E-state index in [1.165, 1.54) is 54.6 Å². The fourth-order valence-electron chi connectivity index (χ4n) is 3.94. The highest BCUT2D eigenvalue weighted by molar-refractivity contribution is 7.86. The van der Waals surface area contributed by atoms with Gasteiger partial charge in [-0.15, -0.1) is 0 Å². The Morgan fingerprint density at radius 1 is 0.632 bits per heavy atom. The Bertz CT molecular complexity index is 1850. The van der Waals surface area contributed by atoms with Gasteiger partial charge in [0.1, 0.15) is 17.1 Å². The van der Waals surface area contributed by atoms with Gasteiger partial charge in [0.2, 0.25) is 0 Å². The van der Waals surface area contributed by atoms with Crippen molar-refractivity contribution in [1.29, 1.82) is 0 Å². The van der Waals surface area contributed by atoms with Crippen LogP contribution in [-0.4, -0.2) is 25.9 Å². The first-order chi connectivity index (χ1) is 18.0. The van der Waals surface area contributed by atoms with E-state index >= 15 is 0 Å². The second kappa shape index (κ2) is 9.54. The minimum absolute atomic E-state index is 0.273. The Morgan fingerprint density at radius 3 is 1.63 bits per heavy atom. The molecule has 0 aliphatic heterocycles. The van der Waals surface area contributed by atoms with Crippen LogP contribution in [0, 0.1) is 0 Å². The van der Waals surface area contributed by atoms with Crippen molar-refractivity contribution in [3.8, 4) is 33.8 Å². The highest BCUT2D eigenvalue weighted by Crippen LogP contribution is 2.42. The summed E-state index contributed by atoms with van der Waals surface area (Å²) in [5, 5.41) is 0.687. The molecule has 5 aromatic rings. The van der Waals surface area contributed by atoms with E-state index in [2.05, 4.69) is 0 Å². The number of rotatable bonds is 6. The molecule has 0 atom stereocenters. The number of ether oxygens (including phenoxy) is 1. The molecule has 5 rings (SSSR count). The van der Waals surface area contributed by atoms with Crippen LogP contribution in [0.5, 0.6) is 11.5 Å². The van der Waals surface area contributed by atoms with E-state index in [9.17, 15) is 30.7 Å². The molecule has 9 nitrogen and oxygen atoms in total. The summed E-state index contributed by atoms with van der Waals surface area (Å²) in [5.74, 6) is 0.675. The predicted octanol–water partition coefficient (Wildman–Crippen LogP) is 5.41. The molecule has 1 heterocycles. The van der Waals surface area contributed by atoms with Crippen LogP contribution in [0.3, 0.4) is 0 Å². The van der Waals surface area contributed by atoms with Crippen LogP contribution in [0.4, 0.5) is 0 Å². The van der Waals surface area contributed by atoms with Gasteiger partial charge in [0.05, 0.1) is 9.79 Å². The molecule has 0 bridgehead atoms. The van der Waals surface area contributed by atoms with Crippen LogP contribution >= 0.6 is 0 Å². The third-order valence-corrected chi connectivity index (χ3v) is 7.49. The number of fused-ring (bicyclic) bond motifs is 1. The monoisotopic (exact) mass is 550 g/mol. The maximum Gasteiger partial charge on any atom is 0.336 e. The second-order valence-electron chi connectivity index (χ2n) is 8.24. The summed E-state index contributed by atoms with van der Waals surface area (Å²) in [4.78, 5) is 11.2. The van der Waals surface area contributed by atoms with E-state index in [4.69, 9.17) is 9.15 Å². The third-order valence-electron chi connectivity index (χ3n) is 5.76. The zero-order chi connectivity index (χ0) is 27.1. The Morgan fingerprint density at radius 2 is 1.13 bits per heavy atom. The molecule has 0 saturated carbocycles. The van der Waals surface area contributed by atoms with Crippen molar-refractivity contribution in [3.63, 3.8) is 0 Å². The lowest BCUT2D eigenvalue weighted by molar-refractivity contribution is 0.481. The van der Waals surface area contributed by atoms with Gasteiger partial charge in [-0.25, -0.2) is 4.79 Å². The molecular formula is C27H18O9S2. The highest BCUT2D eigenvalue weighted by atomic mass is 32.2. The molecule has 0 saturated heterocycles. The summed E-state index contributed by atoms with van der Waals surface area (Å²) >= 11 is 0. The fraction of sp³-hybridized carbons (Fsp3) is 0. The molecule has 0 amide bonds. The van der Waals surface area contributed by atoms with E-state index in [1.807, 2.05) is 0 Å². The Kier molecular flexibility index (Phi) is 6.37. The van der Waals surface area contributed by atoms with Crippen molar-refractivity contribution in [2.24, 2.45) is 0 Å². The summed E-state index contributed by atoms with van der Waals surface area (Å²) in [7, 11) is -8.78. The molecular weight excluding hydrogens is 532 g/mol. The van der Waals surface area contributed by atoms with Crippen molar-refractivity contribution in [1.82, 2.24) is 0 Å². The van der Waals surface area contributed by atoms with Crippen molar-refractivity contribution < 1.29 is 35.1 Å². The Balaban J connectivity index is 1.67. The maximum absolute atomic E-state index is 11.7. The van der Waals surface area contributed by atoms with Crippen LogP contribution in [0.15, 0.2) is 116 Å². The maximum atomic E-state index is 11.7. The van der Waals surface area contributed by atoms with Crippen LogP contribution in [0.1, 0.15) is 0 Å². The van der Waals surface area contributed by atoms with Crippen molar-refractivity contribution in [2.75, 3.05) is 0 Å². The number of para-hydroxylation sites is 1. The van der Waals surface area contributed by atoms with Gasteiger partial charge in [-0.2, -0.15) is 16.8 Å². The molecule has 0 fully saturated rings. The van der Waals surface area contributed by atoms with Gasteiger partial charge < -0.3 is 9.15 Å². The Hall–Kier alpha value is -4.29. The molecule has 38 heavy (non-hydrogen) atoms. The molecule has 11 heteroatoms. The zero-order valence-corrected chi connectivity index (χ0v) is 20.9. The van der Waals surface area contributed by atoms with Gasteiger partial charge in [0.15, 0.2) is 0 Å². The van der Waals surface area contributed by atoms with E-state index in [-0.39, 0.29) is 9.79 Å². The first-order valence-electron chi connectivity index (χ1n) is 11.0. The molecule has 2 N–H and O–H groups in total. The number of benzene rings is 4. The lowest BCUT2D eigenvalue weighted by atomic mass is 9.97. The molecule has 4 aromatic carbocycles. The quantitative estimate of drug-likeness (QED) is 0.209. The highest BCUT2D eigenvalue weighted by Gasteiger charge is 2.18. The lowest BCUT2D eigenvalue weighted by Gasteiger charge is -2.17. The Labute approximate surface area is 217 Å². The summed E-state index contributed by atoms with van der Waals surface area (Å²) in [6, 6.07) is 24.2. The van der Waals surface area contributed by atoms with Crippen LogP contribution in [-0.2, 0) is 20.2 Å². The van der Waals surface area contributed by atoms with E-state index < -0.39 is 25.9 Å². The van der Waals surface area contributed by atoms with Gasteiger partial charge in [0.25, 0.3) is 20.2 Å². The standard InChI is InChI=1S/C27H18O9S2/c28-26-15-9-19-4-10-20(16-25(19)36-26)35-27-23(17-5-11-21(12-6-17)37(29,30)31)2-1-3-24(27)18-7-13-22(14-8-18)38(32,33)34/h1-16H,(H,29,30,31)(H,32,33,34). The van der Waals surface area contributed by atoms with Crippen molar-refractivity contribution >= 4 is 31.2 Å². The third kappa shape index (κ3) is 5.22. The van der Waals surface area contributed by atoms with Gasteiger partial charge in [-0.1, -0.05) is 42.5 Å². The first-order valence-corrected chi connectivity index (χ1v) is 13.9. The summed E-state index contributed by atoms with van der Waals surface area (Å²) in [6.45, 7) is 0. The topological polar surface area (TPSA) is 148 Å². The van der Waals surface area contributed by atoms with Crippen LogP contribution < -0.4 is 10.4 Å². The van der Waals surface area contributed by atoms with Gasteiger partial charge >= 0.3 is 5.63 Å². The number of hydrogen-bond donors (Lipinski definition) is 2. The average molecular weight is 551 g/mol. The van der Waals surface area contributed by atoms with Crippen molar-refractivity contribution in [3.05, 3.63) is 107 Å². The summed E-state index contributed by atoms with van der Waals surface area (Å²) in [5.41, 5.74) is 2.03. The number of hydrogen-bond acceptors (Lipinski definition) is 7. The van der Waals surface area contributed by atoms with Gasteiger partial charge in [-0.05, 0) is 53.6 Å². The fourth-order valence-corrected chi connectivity index (χ4v) is 4.90. The van der Waals surface area contributed by atoms with Crippen LogP contribution in [0.25, 0.3) is 33.2 Å². The molecule has 0 aliphatic rings. The largest absolute Gasteiger partial charge is 0.456 e. The molecule has 192 valence electrons. The molecule has 1 aromatic heterocycles. The smallest absolute Gasteiger partial charge is 0.336 e. The van der Waals surface area contributed by atoms with E-state index in [0.29, 0.717) is 44.7 Å².